The minimum atomic E-state index is -0.756. The quantitative estimate of drug-likeness (QED) is 0.466. The van der Waals surface area contributed by atoms with E-state index in [2.05, 4.69) is 10.6 Å². The van der Waals surface area contributed by atoms with Crippen LogP contribution in [0.1, 0.15) is 39.5 Å². The molecule has 2 atom stereocenters. The highest BCUT2D eigenvalue weighted by atomic mass is 16.5. The lowest BCUT2D eigenvalue weighted by molar-refractivity contribution is -0.137. The Kier molecular flexibility index (Phi) is 11.0. The van der Waals surface area contributed by atoms with Crippen molar-refractivity contribution in [2.24, 2.45) is 5.92 Å². The average Bonchev–Trinajstić information content (AvgIpc) is 2.40. The molecule has 0 fully saturated rings. The average molecular weight is 288 g/mol. The van der Waals surface area contributed by atoms with Gasteiger partial charge in [0.1, 0.15) is 0 Å². The van der Waals surface area contributed by atoms with Gasteiger partial charge in [-0.15, -0.1) is 0 Å². The lowest BCUT2D eigenvalue weighted by atomic mass is 10.0. The number of rotatable bonds is 12. The van der Waals surface area contributed by atoms with Crippen LogP contribution in [0.25, 0.3) is 0 Å². The van der Waals surface area contributed by atoms with Crippen LogP contribution in [0.3, 0.4) is 0 Å². The SMILES string of the molecule is COCCCNC(=O)C(C)NCCC(C)CCC(=O)O. The predicted octanol–water partition coefficient (Wildman–Crippen LogP) is 1.01. The Morgan fingerprint density at radius 2 is 1.90 bits per heavy atom. The molecule has 20 heavy (non-hydrogen) atoms. The van der Waals surface area contributed by atoms with Crippen molar-refractivity contribution in [1.29, 1.82) is 0 Å². The van der Waals surface area contributed by atoms with Crippen LogP contribution in [0.4, 0.5) is 0 Å². The molecular weight excluding hydrogens is 260 g/mol. The lowest BCUT2D eigenvalue weighted by Gasteiger charge is -2.16. The topological polar surface area (TPSA) is 87.7 Å². The summed E-state index contributed by atoms with van der Waals surface area (Å²) in [6, 6.07) is -0.232. The van der Waals surface area contributed by atoms with Crippen molar-refractivity contribution in [3.63, 3.8) is 0 Å². The van der Waals surface area contributed by atoms with Crippen molar-refractivity contribution in [3.05, 3.63) is 0 Å². The summed E-state index contributed by atoms with van der Waals surface area (Å²) in [5.74, 6) is -0.427. The molecule has 0 spiro atoms. The molecule has 0 aliphatic rings. The number of carboxylic acid groups (broad SMARTS) is 1. The molecule has 6 nitrogen and oxygen atoms in total. The molecule has 0 rings (SSSR count). The number of carbonyl (C=O) groups excluding carboxylic acids is 1. The van der Waals surface area contributed by atoms with Crippen LogP contribution < -0.4 is 10.6 Å². The molecule has 0 heterocycles. The fraction of sp³-hybridized carbons (Fsp3) is 0.857. The van der Waals surface area contributed by atoms with Crippen LogP contribution in [-0.2, 0) is 14.3 Å². The summed E-state index contributed by atoms with van der Waals surface area (Å²) < 4.78 is 4.91. The summed E-state index contributed by atoms with van der Waals surface area (Å²) in [7, 11) is 1.64. The maximum Gasteiger partial charge on any atom is 0.303 e. The minimum Gasteiger partial charge on any atom is -0.481 e. The molecule has 0 aromatic rings. The lowest BCUT2D eigenvalue weighted by Crippen LogP contribution is -2.43. The summed E-state index contributed by atoms with van der Waals surface area (Å²) in [5.41, 5.74) is 0. The van der Waals surface area contributed by atoms with E-state index in [9.17, 15) is 9.59 Å². The first-order valence-corrected chi connectivity index (χ1v) is 7.19. The van der Waals surface area contributed by atoms with Gasteiger partial charge >= 0.3 is 5.97 Å². The Bertz CT molecular complexity index is 284. The predicted molar refractivity (Wildman–Crippen MR) is 77.6 cm³/mol. The largest absolute Gasteiger partial charge is 0.481 e. The molecule has 1 amide bonds. The van der Waals surface area contributed by atoms with E-state index < -0.39 is 5.97 Å². The van der Waals surface area contributed by atoms with E-state index in [1.54, 1.807) is 7.11 Å². The van der Waals surface area contributed by atoms with Crippen molar-refractivity contribution in [3.8, 4) is 0 Å². The van der Waals surface area contributed by atoms with Crippen molar-refractivity contribution in [1.82, 2.24) is 10.6 Å². The first-order valence-electron chi connectivity index (χ1n) is 7.19. The summed E-state index contributed by atoms with van der Waals surface area (Å²) in [6.45, 7) is 5.83. The van der Waals surface area contributed by atoms with Gasteiger partial charge in [-0.1, -0.05) is 6.92 Å². The normalized spacial score (nSPS) is 13.8. The Labute approximate surface area is 121 Å². The number of ether oxygens (including phenoxy) is 1. The molecule has 118 valence electrons. The number of amides is 1. The highest BCUT2D eigenvalue weighted by Gasteiger charge is 2.12. The van der Waals surface area contributed by atoms with Gasteiger partial charge < -0.3 is 20.5 Å². The van der Waals surface area contributed by atoms with E-state index in [-0.39, 0.29) is 18.4 Å². The van der Waals surface area contributed by atoms with E-state index in [0.717, 1.165) is 12.8 Å². The Balaban J connectivity index is 3.62. The number of aliphatic carboxylic acids is 1. The van der Waals surface area contributed by atoms with Crippen LogP contribution in [-0.4, -0.2) is 49.8 Å². The van der Waals surface area contributed by atoms with Gasteiger partial charge in [-0.25, -0.2) is 0 Å². The number of methoxy groups -OCH3 is 1. The fourth-order valence-corrected chi connectivity index (χ4v) is 1.73. The molecule has 2 unspecified atom stereocenters. The number of carboxylic acids is 1. The zero-order chi connectivity index (χ0) is 15.4. The smallest absolute Gasteiger partial charge is 0.303 e. The molecule has 0 aromatic heterocycles. The van der Waals surface area contributed by atoms with E-state index in [0.29, 0.717) is 32.0 Å². The Morgan fingerprint density at radius 3 is 2.50 bits per heavy atom. The molecule has 0 aliphatic heterocycles. The standard InChI is InChI=1S/C14H28N2O4/c1-11(5-6-13(17)18)7-9-15-12(2)14(19)16-8-4-10-20-3/h11-12,15H,4-10H2,1-3H3,(H,16,19)(H,17,18). The number of carbonyl (C=O) groups is 2. The van der Waals surface area contributed by atoms with Gasteiger partial charge in [0.15, 0.2) is 0 Å². The first kappa shape index (κ1) is 18.9. The number of hydrogen-bond acceptors (Lipinski definition) is 4. The molecular formula is C14H28N2O4. The van der Waals surface area contributed by atoms with Gasteiger partial charge in [0.2, 0.25) is 5.91 Å². The van der Waals surface area contributed by atoms with Gasteiger partial charge in [0, 0.05) is 26.7 Å². The highest BCUT2D eigenvalue weighted by molar-refractivity contribution is 5.81. The van der Waals surface area contributed by atoms with Gasteiger partial charge in [-0.05, 0) is 38.6 Å². The van der Waals surface area contributed by atoms with E-state index in [1.807, 2.05) is 13.8 Å². The minimum absolute atomic E-state index is 0.0145. The van der Waals surface area contributed by atoms with Crippen molar-refractivity contribution < 1.29 is 19.4 Å². The van der Waals surface area contributed by atoms with Crippen LogP contribution in [0.5, 0.6) is 0 Å². The molecule has 0 bridgehead atoms. The number of nitrogens with one attached hydrogen (secondary N) is 2. The maximum absolute atomic E-state index is 11.7. The van der Waals surface area contributed by atoms with Gasteiger partial charge in [-0.3, -0.25) is 9.59 Å². The van der Waals surface area contributed by atoms with Crippen LogP contribution >= 0.6 is 0 Å². The second kappa shape index (κ2) is 11.7. The molecule has 0 saturated carbocycles. The molecule has 0 radical (unpaired) electrons. The van der Waals surface area contributed by atoms with Crippen molar-refractivity contribution >= 4 is 11.9 Å². The van der Waals surface area contributed by atoms with Crippen LogP contribution in [0.2, 0.25) is 0 Å². The Hall–Kier alpha value is -1.14. The zero-order valence-electron chi connectivity index (χ0n) is 12.8. The summed E-state index contributed by atoms with van der Waals surface area (Å²) >= 11 is 0. The van der Waals surface area contributed by atoms with Crippen molar-refractivity contribution in [2.75, 3.05) is 26.8 Å². The molecule has 6 heteroatoms. The van der Waals surface area contributed by atoms with Crippen LogP contribution in [0, 0.1) is 5.92 Å². The van der Waals surface area contributed by atoms with E-state index >= 15 is 0 Å². The third-order valence-electron chi connectivity index (χ3n) is 3.16. The molecule has 0 saturated heterocycles. The van der Waals surface area contributed by atoms with Crippen LogP contribution in [0.15, 0.2) is 0 Å². The third kappa shape index (κ3) is 10.8. The summed E-state index contributed by atoms with van der Waals surface area (Å²) in [5, 5.41) is 14.6. The molecule has 3 N–H and O–H groups in total. The van der Waals surface area contributed by atoms with E-state index in [4.69, 9.17) is 9.84 Å². The molecule has 0 aliphatic carbocycles. The highest BCUT2D eigenvalue weighted by Crippen LogP contribution is 2.09. The first-order chi connectivity index (χ1) is 9.47. The second-order valence-electron chi connectivity index (χ2n) is 5.14. The second-order valence-corrected chi connectivity index (χ2v) is 5.14. The summed E-state index contributed by atoms with van der Waals surface area (Å²) in [4.78, 5) is 22.1. The number of hydrogen-bond donors (Lipinski definition) is 3. The van der Waals surface area contributed by atoms with Crippen molar-refractivity contribution in [2.45, 2.75) is 45.6 Å². The molecule has 0 aromatic carbocycles. The zero-order valence-corrected chi connectivity index (χ0v) is 12.8. The van der Waals surface area contributed by atoms with E-state index in [1.165, 1.54) is 0 Å². The van der Waals surface area contributed by atoms with Gasteiger partial charge in [0.05, 0.1) is 6.04 Å². The Morgan fingerprint density at radius 1 is 1.20 bits per heavy atom. The third-order valence-corrected chi connectivity index (χ3v) is 3.16. The van der Waals surface area contributed by atoms with Gasteiger partial charge in [0.25, 0.3) is 0 Å². The monoisotopic (exact) mass is 288 g/mol. The maximum atomic E-state index is 11.7. The van der Waals surface area contributed by atoms with Gasteiger partial charge in [-0.2, -0.15) is 0 Å². The summed E-state index contributed by atoms with van der Waals surface area (Å²) in [6.07, 6.45) is 2.56. The fourth-order valence-electron chi connectivity index (χ4n) is 1.73.